The molecular weight excluding hydrogens is 252 g/mol. The van der Waals surface area contributed by atoms with Crippen LogP contribution in [-0.4, -0.2) is 11.5 Å². The number of benzene rings is 1. The zero-order chi connectivity index (χ0) is 14.5. The molecule has 1 aliphatic carbocycles. The van der Waals surface area contributed by atoms with Crippen molar-refractivity contribution in [1.82, 2.24) is 0 Å². The van der Waals surface area contributed by atoms with Crippen molar-refractivity contribution in [3.05, 3.63) is 33.9 Å². The molecule has 0 heterocycles. The van der Waals surface area contributed by atoms with E-state index in [1.807, 2.05) is 13.0 Å². The molecule has 0 atom stereocenters. The molecule has 1 aromatic carbocycles. The lowest BCUT2D eigenvalue weighted by molar-refractivity contribution is -0.384. The fourth-order valence-corrected chi connectivity index (χ4v) is 3.05. The number of hydrogen-bond acceptors (Lipinski definition) is 3. The van der Waals surface area contributed by atoms with Gasteiger partial charge in [0.2, 0.25) is 0 Å². The van der Waals surface area contributed by atoms with E-state index < -0.39 is 0 Å². The lowest BCUT2D eigenvalue weighted by atomic mass is 9.81. The summed E-state index contributed by atoms with van der Waals surface area (Å²) >= 11 is 0. The number of nitrogens with one attached hydrogen (secondary N) is 1. The van der Waals surface area contributed by atoms with Crippen molar-refractivity contribution in [3.63, 3.8) is 0 Å². The second-order valence-electron chi connectivity index (χ2n) is 6.07. The summed E-state index contributed by atoms with van der Waals surface area (Å²) in [6.07, 6.45) is 6.37. The van der Waals surface area contributed by atoms with Crippen LogP contribution in [0.2, 0.25) is 0 Å². The van der Waals surface area contributed by atoms with Gasteiger partial charge < -0.3 is 5.32 Å². The third kappa shape index (κ3) is 3.71. The molecule has 0 unspecified atom stereocenters. The molecule has 0 aromatic heterocycles. The molecule has 110 valence electrons. The molecule has 0 saturated heterocycles. The van der Waals surface area contributed by atoms with E-state index in [-0.39, 0.29) is 10.6 Å². The number of rotatable bonds is 5. The van der Waals surface area contributed by atoms with E-state index in [4.69, 9.17) is 0 Å². The highest BCUT2D eigenvalue weighted by molar-refractivity contribution is 5.65. The maximum Gasteiger partial charge on any atom is 0.292 e. The van der Waals surface area contributed by atoms with Crippen LogP contribution in [0.25, 0.3) is 0 Å². The van der Waals surface area contributed by atoms with Crippen LogP contribution in [0.15, 0.2) is 18.2 Å². The molecule has 0 spiro atoms. The lowest BCUT2D eigenvalue weighted by Gasteiger charge is -2.26. The standard InChI is InChI=1S/C16H24N2O2/c1-12-6-8-14(9-7-12)10-11-17-16-13(2)4-3-5-15(16)18(19)20/h3-5,12,14,17H,6-11H2,1-2H3. The predicted molar refractivity (Wildman–Crippen MR) is 82.1 cm³/mol. The Kier molecular flexibility index (Phi) is 4.99. The Bertz CT molecular complexity index is 466. The minimum Gasteiger partial charge on any atom is -0.379 e. The SMILES string of the molecule is Cc1cccc([N+](=O)[O-])c1NCCC1CCC(C)CC1. The van der Waals surface area contributed by atoms with E-state index in [2.05, 4.69) is 12.2 Å². The van der Waals surface area contributed by atoms with Gasteiger partial charge in [-0.25, -0.2) is 0 Å². The van der Waals surface area contributed by atoms with Crippen LogP contribution >= 0.6 is 0 Å². The smallest absolute Gasteiger partial charge is 0.292 e. The van der Waals surface area contributed by atoms with E-state index >= 15 is 0 Å². The number of nitrogens with zero attached hydrogens (tertiary/aromatic N) is 1. The highest BCUT2D eigenvalue weighted by atomic mass is 16.6. The first-order chi connectivity index (χ1) is 9.58. The monoisotopic (exact) mass is 276 g/mol. The quantitative estimate of drug-likeness (QED) is 0.635. The van der Waals surface area contributed by atoms with E-state index in [9.17, 15) is 10.1 Å². The lowest BCUT2D eigenvalue weighted by Crippen LogP contribution is -2.16. The summed E-state index contributed by atoms with van der Waals surface area (Å²) in [6.45, 7) is 5.06. The molecule has 0 amide bonds. The molecule has 0 bridgehead atoms. The van der Waals surface area contributed by atoms with Gasteiger partial charge in [-0.1, -0.05) is 44.7 Å². The zero-order valence-corrected chi connectivity index (χ0v) is 12.4. The van der Waals surface area contributed by atoms with Gasteiger partial charge in [-0.3, -0.25) is 10.1 Å². The summed E-state index contributed by atoms with van der Waals surface area (Å²) in [7, 11) is 0. The van der Waals surface area contributed by atoms with Crippen LogP contribution in [0.3, 0.4) is 0 Å². The van der Waals surface area contributed by atoms with Gasteiger partial charge in [0.25, 0.3) is 5.69 Å². The van der Waals surface area contributed by atoms with Crippen molar-refractivity contribution in [3.8, 4) is 0 Å². The number of anilines is 1. The maximum absolute atomic E-state index is 11.0. The number of para-hydroxylation sites is 1. The van der Waals surface area contributed by atoms with Gasteiger partial charge in [0.15, 0.2) is 0 Å². The molecule has 1 aromatic rings. The number of aryl methyl sites for hydroxylation is 1. The van der Waals surface area contributed by atoms with Crippen LogP contribution in [0.4, 0.5) is 11.4 Å². The van der Waals surface area contributed by atoms with Gasteiger partial charge in [0, 0.05) is 12.6 Å². The number of nitro groups is 1. The second-order valence-corrected chi connectivity index (χ2v) is 6.07. The zero-order valence-electron chi connectivity index (χ0n) is 12.4. The summed E-state index contributed by atoms with van der Waals surface area (Å²) in [5.41, 5.74) is 1.81. The largest absolute Gasteiger partial charge is 0.379 e. The van der Waals surface area contributed by atoms with Crippen LogP contribution in [0.1, 0.15) is 44.6 Å². The van der Waals surface area contributed by atoms with Crippen molar-refractivity contribution in [2.45, 2.75) is 46.0 Å². The normalized spacial score (nSPS) is 22.5. The molecule has 2 rings (SSSR count). The molecule has 4 heteroatoms. The summed E-state index contributed by atoms with van der Waals surface area (Å²) in [6, 6.07) is 5.22. The Labute approximate surface area is 120 Å². The Balaban J connectivity index is 1.89. The highest BCUT2D eigenvalue weighted by Crippen LogP contribution is 2.31. The third-order valence-electron chi connectivity index (χ3n) is 4.44. The average Bonchev–Trinajstić information content (AvgIpc) is 2.42. The molecule has 1 saturated carbocycles. The van der Waals surface area contributed by atoms with Crippen molar-refractivity contribution >= 4 is 11.4 Å². The minimum absolute atomic E-state index is 0.183. The summed E-state index contributed by atoms with van der Waals surface area (Å²) in [4.78, 5) is 10.7. The fourth-order valence-electron chi connectivity index (χ4n) is 3.05. The number of hydrogen-bond donors (Lipinski definition) is 1. The summed E-state index contributed by atoms with van der Waals surface area (Å²) < 4.78 is 0. The van der Waals surface area contributed by atoms with E-state index in [1.54, 1.807) is 12.1 Å². The number of nitro benzene ring substituents is 1. The van der Waals surface area contributed by atoms with Crippen molar-refractivity contribution in [2.75, 3.05) is 11.9 Å². The van der Waals surface area contributed by atoms with Gasteiger partial charge in [-0.05, 0) is 30.7 Å². The van der Waals surface area contributed by atoms with Gasteiger partial charge >= 0.3 is 0 Å². The van der Waals surface area contributed by atoms with Crippen LogP contribution in [0, 0.1) is 28.9 Å². The minimum atomic E-state index is -0.308. The molecule has 0 aliphatic heterocycles. The second kappa shape index (κ2) is 6.73. The Morgan fingerprint density at radius 3 is 2.65 bits per heavy atom. The first kappa shape index (κ1) is 14.8. The van der Waals surface area contributed by atoms with Crippen LogP contribution in [-0.2, 0) is 0 Å². The topological polar surface area (TPSA) is 55.2 Å². The molecule has 20 heavy (non-hydrogen) atoms. The van der Waals surface area contributed by atoms with Gasteiger partial charge in [0.1, 0.15) is 5.69 Å². The predicted octanol–water partition coefficient (Wildman–Crippen LogP) is 4.53. The van der Waals surface area contributed by atoms with E-state index in [0.717, 1.165) is 30.4 Å². The van der Waals surface area contributed by atoms with Crippen LogP contribution < -0.4 is 5.32 Å². The molecule has 1 aliphatic rings. The average molecular weight is 276 g/mol. The van der Waals surface area contributed by atoms with E-state index in [1.165, 1.54) is 25.7 Å². The van der Waals surface area contributed by atoms with E-state index in [0.29, 0.717) is 5.69 Å². The fraction of sp³-hybridized carbons (Fsp3) is 0.625. The van der Waals surface area contributed by atoms with Gasteiger partial charge in [0.05, 0.1) is 4.92 Å². The Morgan fingerprint density at radius 2 is 2.00 bits per heavy atom. The van der Waals surface area contributed by atoms with Crippen molar-refractivity contribution in [1.29, 1.82) is 0 Å². The summed E-state index contributed by atoms with van der Waals surface area (Å²) in [5, 5.41) is 14.3. The Hall–Kier alpha value is -1.58. The molecule has 1 N–H and O–H groups in total. The van der Waals surface area contributed by atoms with Gasteiger partial charge in [-0.15, -0.1) is 0 Å². The molecular formula is C16H24N2O2. The van der Waals surface area contributed by atoms with Gasteiger partial charge in [-0.2, -0.15) is 0 Å². The Morgan fingerprint density at radius 1 is 1.30 bits per heavy atom. The highest BCUT2D eigenvalue weighted by Gasteiger charge is 2.19. The summed E-state index contributed by atoms with van der Waals surface area (Å²) in [5.74, 6) is 1.65. The first-order valence-corrected chi connectivity index (χ1v) is 7.55. The third-order valence-corrected chi connectivity index (χ3v) is 4.44. The van der Waals surface area contributed by atoms with Crippen LogP contribution in [0.5, 0.6) is 0 Å². The first-order valence-electron chi connectivity index (χ1n) is 7.55. The van der Waals surface area contributed by atoms with Crippen molar-refractivity contribution in [2.24, 2.45) is 11.8 Å². The molecule has 1 fully saturated rings. The van der Waals surface area contributed by atoms with Crippen molar-refractivity contribution < 1.29 is 4.92 Å². The molecule has 4 nitrogen and oxygen atoms in total. The maximum atomic E-state index is 11.0. The molecule has 0 radical (unpaired) electrons.